The lowest BCUT2D eigenvalue weighted by atomic mass is 9.98. The first-order valence-corrected chi connectivity index (χ1v) is 61.2. The van der Waals surface area contributed by atoms with Gasteiger partial charge >= 0.3 is 18.3 Å². The van der Waals surface area contributed by atoms with Crippen LogP contribution in [0.3, 0.4) is 0 Å². The Balaban J connectivity index is 0.000000151. The van der Waals surface area contributed by atoms with E-state index in [0.29, 0.717) is 116 Å². The van der Waals surface area contributed by atoms with Gasteiger partial charge in [0, 0.05) is 164 Å². The first kappa shape index (κ1) is 111. The van der Waals surface area contributed by atoms with Crippen molar-refractivity contribution in [3.8, 4) is 80.7 Å². The van der Waals surface area contributed by atoms with Crippen LogP contribution in [0.4, 0.5) is 26.7 Å². The third-order valence-electron chi connectivity index (χ3n) is 23.4. The highest BCUT2D eigenvalue weighted by atomic mass is 79.9. The minimum Gasteiger partial charge on any atom is -0.461 e. The van der Waals surface area contributed by atoms with E-state index >= 15 is 0 Å². The molecule has 3 aliphatic heterocycles. The maximum atomic E-state index is 13.5. The number of benzene rings is 6. The summed E-state index contributed by atoms with van der Waals surface area (Å²) >= 11 is 10.5. The normalized spacial score (nSPS) is 13.9. The number of nitrogens with zero attached hydrogens (tertiary/aromatic N) is 12. The topological polar surface area (TPSA) is 389 Å². The van der Waals surface area contributed by atoms with E-state index in [9.17, 15) is 28.8 Å². The van der Waals surface area contributed by atoms with Gasteiger partial charge in [0.1, 0.15) is 49.3 Å². The number of ether oxygens (including phenoxy) is 6. The molecule has 4 aliphatic carbocycles. The van der Waals surface area contributed by atoms with Crippen LogP contribution in [0.25, 0.3) is 66.1 Å². The van der Waals surface area contributed by atoms with Crippen LogP contribution in [0, 0.1) is 71.0 Å². The minimum absolute atomic E-state index is 0. The Morgan fingerprint density at radius 3 is 1.39 bits per heavy atom. The quantitative estimate of drug-likeness (QED) is 0.00991. The van der Waals surface area contributed by atoms with Gasteiger partial charge in [-0.15, -0.1) is 69.1 Å². The highest BCUT2D eigenvalue weighted by Crippen LogP contribution is 2.41. The van der Waals surface area contributed by atoms with Crippen molar-refractivity contribution in [2.75, 3.05) is 29.6 Å². The zero-order valence-electron chi connectivity index (χ0n) is 84.9. The molecule has 21 rings (SSSR count). The molecule has 774 valence electrons. The number of rotatable bonds is 23. The van der Waals surface area contributed by atoms with Crippen LogP contribution < -0.4 is 21.7 Å². The summed E-state index contributed by atoms with van der Waals surface area (Å²) in [5, 5.41) is 41.0. The van der Waals surface area contributed by atoms with E-state index in [1.807, 2.05) is 116 Å². The molecule has 8 aromatic heterocycles. The molecule has 0 spiro atoms. The van der Waals surface area contributed by atoms with E-state index in [1.165, 1.54) is 95.0 Å². The summed E-state index contributed by atoms with van der Waals surface area (Å²) in [4.78, 5) is 112. The lowest BCUT2D eigenvalue weighted by molar-refractivity contribution is -0.191. The summed E-state index contributed by atoms with van der Waals surface area (Å²) in [6.07, 6.45) is 16.5. The van der Waals surface area contributed by atoms with E-state index in [0.717, 1.165) is 164 Å². The number of hydrogen-bond donors (Lipinski definition) is 5. The number of carbonyl (C=O) groups is 6. The Hall–Kier alpha value is -13.2. The first-order chi connectivity index (χ1) is 71.0. The number of carbonyl (C=O) groups excluding carboxylic acids is 8. The average molecular weight is 2220 g/mol. The summed E-state index contributed by atoms with van der Waals surface area (Å²) in [5.74, 6) is 26.7. The predicted molar refractivity (Wildman–Crippen MR) is 593 cm³/mol. The number of aromatic amines is 1. The Morgan fingerprint density at radius 1 is 0.503 bits per heavy atom. The molecule has 0 bridgehead atoms. The molecule has 4 fully saturated rings. The van der Waals surface area contributed by atoms with Crippen LogP contribution in [-0.2, 0) is 114 Å². The van der Waals surface area contributed by atoms with Crippen LogP contribution >= 0.6 is 85.0 Å². The van der Waals surface area contributed by atoms with Crippen LogP contribution in [-0.4, -0.2) is 148 Å². The van der Waals surface area contributed by atoms with Crippen molar-refractivity contribution in [1.82, 2.24) is 69.8 Å². The molecule has 4 amide bonds. The van der Waals surface area contributed by atoms with Crippen LogP contribution in [0.15, 0.2) is 147 Å². The molecule has 149 heavy (non-hydrogen) atoms. The van der Waals surface area contributed by atoms with Gasteiger partial charge in [-0.2, -0.15) is 24.9 Å². The number of fused-ring (bicyclic) bond motifs is 6. The molecular formula is C109H117BrClN17O14S5Si2. The summed E-state index contributed by atoms with van der Waals surface area (Å²) in [6, 6.07) is 33.2. The number of thiazole rings is 5. The second kappa shape index (κ2) is 51.3. The van der Waals surface area contributed by atoms with Crippen molar-refractivity contribution in [1.29, 1.82) is 0 Å². The molecule has 0 radical (unpaired) electrons. The fourth-order valence-corrected chi connectivity index (χ4v) is 20.1. The van der Waals surface area contributed by atoms with Crippen LogP contribution in [0.5, 0.6) is 0 Å². The molecule has 14 aromatic rings. The largest absolute Gasteiger partial charge is 0.461 e. The van der Waals surface area contributed by atoms with Gasteiger partial charge in [-0.3, -0.25) is 34.1 Å². The fourth-order valence-electron chi connectivity index (χ4n) is 15.1. The standard InChI is InChI=1S/C35H41N5O4SSi.C26H36N4O3Si.C24H19N5OS.C10H9NO2S.C8H7NS.C5H4BrNO2S.CO2.ClH/c1-35(2,3)44-34(42)39-19-25-11-10-24(15-27(25)20-39)28-16-26-18-36-40(22-43-13-14-46(4,5)6)31(26)17-29(28)38-33(41)30-21-45-32(37-30)12-9-23-7-8-23;1-26(2,3)33-25(31)29-15-19-8-7-18(11-21(19)16-29)22-12-20-14-28-30(24(20)13-23(22)27)17-32-9-10-34(4,5)6;30-24(22-13-31-23(27-22)6-3-14-1-2-14)28-21-9-20-18(12-26-29-20)8-19(21)15-4-5-16-10-25-11-17(16)7-15;12-7-13-5-9-6-14-10(11-9)4-3-8-1-2-8;1-2-7(1)3-4-8-9-5-6-10-8;6-5-7-4(2-10-5)1-9-3-8;2-1-3;/h10-11,15-18,21,23H,7-8,13-14,19-20,22H2,1-6H3,(H,38,41);7-8,11-14H,9-10,15-17,27H2,1-6H3;4-5,7-9,12-14,25H,1-2,10-11H2,(H,26,29)(H,28,30);6-8H,1-2,5H2;5-7H,1-2H2;2-3H,1H2;;1H. The average Bonchev–Trinajstić information content (AvgIpc) is 1.68. The monoisotopic (exact) mass is 2220 g/mol. The lowest BCUT2D eigenvalue weighted by Crippen LogP contribution is -2.33. The second-order valence-corrected chi connectivity index (χ2v) is 57.5. The summed E-state index contributed by atoms with van der Waals surface area (Å²) in [5.41, 5.74) is 25.2. The Kier molecular flexibility index (Phi) is 38.4. The smallest absolute Gasteiger partial charge is 0.410 e. The Labute approximate surface area is 901 Å². The van der Waals surface area contributed by atoms with Crippen LogP contribution in [0.2, 0.25) is 51.4 Å². The number of amides is 4. The summed E-state index contributed by atoms with van der Waals surface area (Å²) in [6.45, 7) is 32.6. The zero-order valence-corrected chi connectivity index (χ0v) is 93.3. The molecule has 0 unspecified atom stereocenters. The lowest BCUT2D eigenvalue weighted by Gasteiger charge is -2.24. The van der Waals surface area contributed by atoms with E-state index in [1.54, 1.807) is 44.3 Å². The third kappa shape index (κ3) is 33.9. The fraction of sp³-hybridized carbons (Fsp3) is 0.367. The second-order valence-electron chi connectivity index (χ2n) is 40.7. The van der Waals surface area contributed by atoms with E-state index < -0.39 is 27.3 Å². The number of nitrogen functional groups attached to an aromatic ring is 1. The van der Waals surface area contributed by atoms with Gasteiger partial charge in [-0.05, 0) is 249 Å². The molecule has 40 heteroatoms. The van der Waals surface area contributed by atoms with Gasteiger partial charge in [0.25, 0.3) is 24.8 Å². The highest BCUT2D eigenvalue weighted by molar-refractivity contribution is 9.11. The van der Waals surface area contributed by atoms with E-state index in [-0.39, 0.29) is 55.8 Å². The molecule has 0 saturated heterocycles. The molecule has 6 N–H and O–H groups in total. The van der Waals surface area contributed by atoms with Gasteiger partial charge in [0.2, 0.25) is 0 Å². The van der Waals surface area contributed by atoms with Gasteiger partial charge in [-0.25, -0.2) is 43.9 Å². The molecule has 31 nitrogen and oxygen atoms in total. The van der Waals surface area contributed by atoms with Gasteiger partial charge < -0.3 is 50.1 Å². The third-order valence-corrected chi connectivity index (χ3v) is 31.3. The minimum atomic E-state index is -1.22. The summed E-state index contributed by atoms with van der Waals surface area (Å²) in [7, 11) is -2.34. The molecule has 4 saturated carbocycles. The molecule has 0 atom stereocenters. The predicted octanol–water partition coefficient (Wildman–Crippen LogP) is 22.8. The maximum Gasteiger partial charge on any atom is 0.410 e. The van der Waals surface area contributed by atoms with E-state index in [2.05, 4.69) is 228 Å². The Morgan fingerprint density at radius 2 is 0.926 bits per heavy atom. The molecular weight excluding hydrogens is 2100 g/mol. The zero-order chi connectivity index (χ0) is 105. The van der Waals surface area contributed by atoms with Crippen molar-refractivity contribution in [2.45, 2.75) is 221 Å². The number of hydrogen-bond acceptors (Lipinski definition) is 29. The number of halogens is 2. The van der Waals surface area contributed by atoms with Gasteiger partial charge in [0.05, 0.1) is 57.9 Å². The number of anilines is 3. The molecule has 7 aliphatic rings. The molecule has 6 aromatic carbocycles. The number of aromatic nitrogens is 11. The highest BCUT2D eigenvalue weighted by Gasteiger charge is 2.33. The van der Waals surface area contributed by atoms with Gasteiger partial charge in [-0.1, -0.05) is 99.4 Å². The number of nitrogens with two attached hydrogens (primary N) is 1. The number of H-pyrrole nitrogens is 1. The number of nitrogens with one attached hydrogen (secondary N) is 4. The summed E-state index contributed by atoms with van der Waals surface area (Å²) < 4.78 is 36.6. The van der Waals surface area contributed by atoms with Crippen molar-refractivity contribution < 1.29 is 66.8 Å². The van der Waals surface area contributed by atoms with E-state index in [4.69, 9.17) is 34.3 Å². The van der Waals surface area contributed by atoms with Crippen molar-refractivity contribution >= 4 is 194 Å². The van der Waals surface area contributed by atoms with Crippen molar-refractivity contribution in [2.24, 2.45) is 23.7 Å². The first-order valence-electron chi connectivity index (χ1n) is 48.5. The van der Waals surface area contributed by atoms with Crippen molar-refractivity contribution in [3.05, 3.63) is 223 Å². The molecule has 11 heterocycles. The SMILES string of the molecule is C(#CC1CC1)c1nccs1.CC(C)(C)OC(=O)N1Cc2ccc(-c3cc4cnn(COCC[Si](C)(C)C)c4cc3N)cc2C1.CC(C)(C)OC(=O)N1Cc2ccc(-c3cc4cnn(COCC[Si](C)(C)C)c4cc3NC(=O)c3csc(C#CC4CC4)n3)cc2C1.Cl.O=C(Nc1cc2[nH]ncc2cc1-c1ccc2c(c1)CNC2)c1csc(C#CC2CC2)n1.O=C=O.O=COCc1csc(Br)n1.O=COCc1csc(C#CC2CC2)n1. The van der Waals surface area contributed by atoms with Gasteiger partial charge in [0.15, 0.2) is 23.9 Å². The maximum absolute atomic E-state index is 13.5. The van der Waals surface area contributed by atoms with Crippen LogP contribution in [0.1, 0.15) is 179 Å². The van der Waals surface area contributed by atoms with Crippen molar-refractivity contribution in [3.63, 3.8) is 0 Å². The Bertz CT molecular complexity index is 7450.